The Morgan fingerprint density at radius 2 is 1.76 bits per heavy atom. The zero-order valence-corrected chi connectivity index (χ0v) is 19.2. The molecule has 29 heavy (non-hydrogen) atoms. The lowest BCUT2D eigenvalue weighted by molar-refractivity contribution is -0.143. The second-order valence-electron chi connectivity index (χ2n) is 8.75. The fourth-order valence-electron chi connectivity index (χ4n) is 3.82. The molecule has 0 aromatic rings. The summed E-state index contributed by atoms with van der Waals surface area (Å²) in [5.41, 5.74) is 2.71. The van der Waals surface area contributed by atoms with Gasteiger partial charge in [0.25, 0.3) is 0 Å². The number of esters is 2. The molecule has 0 radical (unpaired) electrons. The van der Waals surface area contributed by atoms with Crippen LogP contribution < -0.4 is 0 Å². The van der Waals surface area contributed by atoms with Crippen LogP contribution in [0.3, 0.4) is 0 Å². The van der Waals surface area contributed by atoms with Gasteiger partial charge in [-0.15, -0.1) is 0 Å². The number of allylic oxidation sites excluding steroid dienone is 8. The topological polar surface area (TPSA) is 52.6 Å². The normalized spacial score (nSPS) is 20.8. The first-order valence-electron chi connectivity index (χ1n) is 10.4. The van der Waals surface area contributed by atoms with Crippen molar-refractivity contribution in [3.8, 4) is 0 Å². The Kier molecular flexibility index (Phi) is 10.1. The minimum Gasteiger partial charge on any atom is -0.469 e. The van der Waals surface area contributed by atoms with Gasteiger partial charge in [-0.3, -0.25) is 9.59 Å². The van der Waals surface area contributed by atoms with Crippen molar-refractivity contribution >= 4 is 11.9 Å². The van der Waals surface area contributed by atoms with Crippen LogP contribution in [0.5, 0.6) is 0 Å². The van der Waals surface area contributed by atoms with Crippen molar-refractivity contribution in [2.24, 2.45) is 23.2 Å². The van der Waals surface area contributed by atoms with E-state index in [4.69, 9.17) is 9.47 Å². The zero-order valence-electron chi connectivity index (χ0n) is 19.2. The van der Waals surface area contributed by atoms with Crippen LogP contribution in [0.4, 0.5) is 0 Å². The fourth-order valence-corrected chi connectivity index (χ4v) is 3.82. The van der Waals surface area contributed by atoms with Crippen molar-refractivity contribution in [2.45, 2.75) is 60.3 Å². The minimum absolute atomic E-state index is 0.166. The first-order chi connectivity index (χ1) is 13.6. The van der Waals surface area contributed by atoms with Gasteiger partial charge in [0.05, 0.1) is 27.1 Å². The van der Waals surface area contributed by atoms with E-state index in [-0.39, 0.29) is 30.7 Å². The van der Waals surface area contributed by atoms with E-state index in [1.807, 2.05) is 19.1 Å². The van der Waals surface area contributed by atoms with Crippen molar-refractivity contribution in [1.29, 1.82) is 0 Å². The van der Waals surface area contributed by atoms with Crippen LogP contribution in [0.1, 0.15) is 60.3 Å². The molecule has 1 aliphatic carbocycles. The molecule has 0 saturated carbocycles. The van der Waals surface area contributed by atoms with Crippen molar-refractivity contribution in [3.05, 3.63) is 47.6 Å². The van der Waals surface area contributed by atoms with Crippen molar-refractivity contribution in [3.63, 3.8) is 0 Å². The monoisotopic (exact) mass is 402 g/mol. The number of hydrogen-bond donors (Lipinski definition) is 0. The van der Waals surface area contributed by atoms with Gasteiger partial charge in [-0.25, -0.2) is 0 Å². The van der Waals surface area contributed by atoms with Crippen LogP contribution in [0.25, 0.3) is 0 Å². The quantitative estimate of drug-likeness (QED) is 0.278. The second kappa shape index (κ2) is 11.8. The molecule has 2 atom stereocenters. The van der Waals surface area contributed by atoms with E-state index in [1.54, 1.807) is 0 Å². The fraction of sp³-hybridized carbons (Fsp3) is 0.600. The van der Waals surface area contributed by atoms with E-state index >= 15 is 0 Å². The molecule has 0 aromatic carbocycles. The maximum Gasteiger partial charge on any atom is 0.306 e. The van der Waals surface area contributed by atoms with E-state index in [0.717, 1.165) is 5.57 Å². The highest BCUT2D eigenvalue weighted by Crippen LogP contribution is 2.41. The van der Waals surface area contributed by atoms with E-state index in [9.17, 15) is 9.59 Å². The largest absolute Gasteiger partial charge is 0.469 e. The SMILES string of the molecule is COC(=O)CC(CC(=O)OC)C(C)=C/C=C/C(C)/C=C/C1C(C)=CCCC1(C)C. The number of hydrogen-bond acceptors (Lipinski definition) is 4. The van der Waals surface area contributed by atoms with Gasteiger partial charge in [0, 0.05) is 11.8 Å². The van der Waals surface area contributed by atoms with Gasteiger partial charge in [0.1, 0.15) is 0 Å². The summed E-state index contributed by atoms with van der Waals surface area (Å²) >= 11 is 0. The summed E-state index contributed by atoms with van der Waals surface area (Å²) in [5, 5.41) is 0. The second-order valence-corrected chi connectivity index (χ2v) is 8.75. The average molecular weight is 403 g/mol. The molecule has 0 spiro atoms. The van der Waals surface area contributed by atoms with Gasteiger partial charge < -0.3 is 9.47 Å². The van der Waals surface area contributed by atoms with Crippen LogP contribution in [0.2, 0.25) is 0 Å². The van der Waals surface area contributed by atoms with Gasteiger partial charge >= 0.3 is 11.9 Å². The molecule has 1 rings (SSSR count). The van der Waals surface area contributed by atoms with Gasteiger partial charge in [0.15, 0.2) is 0 Å². The number of carbonyl (C=O) groups excluding carboxylic acids is 2. The smallest absolute Gasteiger partial charge is 0.306 e. The molecule has 0 amide bonds. The molecule has 0 saturated heterocycles. The summed E-state index contributed by atoms with van der Waals surface area (Å²) in [7, 11) is 2.71. The Morgan fingerprint density at radius 3 is 2.28 bits per heavy atom. The molecule has 4 heteroatoms. The van der Waals surface area contributed by atoms with E-state index in [1.165, 1.54) is 32.6 Å². The van der Waals surface area contributed by atoms with Crippen LogP contribution in [-0.2, 0) is 19.1 Å². The molecule has 0 heterocycles. The standard InChI is InChI=1S/C25H38O4/c1-18(13-14-22-20(3)12-9-15-25(22,4)5)10-8-11-19(2)21(16-23(26)28-6)17-24(27)29-7/h8,10-14,18,21-22H,9,15-17H2,1-7H3/b10-8+,14-13+,19-11?. The molecule has 162 valence electrons. The summed E-state index contributed by atoms with van der Waals surface area (Å²) in [6.07, 6.45) is 15.8. The first kappa shape index (κ1) is 24.9. The predicted octanol–water partition coefficient (Wildman–Crippen LogP) is 5.81. The van der Waals surface area contributed by atoms with Gasteiger partial charge in [-0.1, -0.05) is 68.4 Å². The summed E-state index contributed by atoms with van der Waals surface area (Å²) < 4.78 is 9.51. The van der Waals surface area contributed by atoms with Gasteiger partial charge in [0.2, 0.25) is 0 Å². The molecular weight excluding hydrogens is 364 g/mol. The first-order valence-corrected chi connectivity index (χ1v) is 10.4. The van der Waals surface area contributed by atoms with Crippen molar-refractivity contribution < 1.29 is 19.1 Å². The summed E-state index contributed by atoms with van der Waals surface area (Å²) in [5.74, 6) is -0.102. The molecular formula is C25H38O4. The van der Waals surface area contributed by atoms with Gasteiger partial charge in [-0.2, -0.15) is 0 Å². The maximum absolute atomic E-state index is 11.7. The molecule has 2 unspecified atom stereocenters. The Bertz CT molecular complexity index is 661. The molecule has 0 N–H and O–H groups in total. The lowest BCUT2D eigenvalue weighted by Gasteiger charge is -2.36. The highest BCUT2D eigenvalue weighted by atomic mass is 16.5. The average Bonchev–Trinajstić information content (AvgIpc) is 2.66. The third-order valence-electron chi connectivity index (χ3n) is 5.89. The summed E-state index contributed by atoms with van der Waals surface area (Å²) in [6.45, 7) is 11.0. The highest BCUT2D eigenvalue weighted by molar-refractivity contribution is 5.73. The van der Waals surface area contributed by atoms with Crippen molar-refractivity contribution in [1.82, 2.24) is 0 Å². The number of rotatable bonds is 9. The van der Waals surface area contributed by atoms with Crippen LogP contribution in [0, 0.1) is 23.2 Å². The van der Waals surface area contributed by atoms with E-state index in [0.29, 0.717) is 17.3 Å². The minimum atomic E-state index is -0.328. The lowest BCUT2D eigenvalue weighted by atomic mass is 9.68. The van der Waals surface area contributed by atoms with Crippen LogP contribution in [0.15, 0.2) is 47.6 Å². The Hall–Kier alpha value is -2.10. The number of methoxy groups -OCH3 is 2. The van der Waals surface area contributed by atoms with E-state index in [2.05, 4.69) is 52.0 Å². The third kappa shape index (κ3) is 8.43. The molecule has 1 aliphatic rings. The molecule has 0 aromatic heterocycles. The van der Waals surface area contributed by atoms with Crippen LogP contribution in [-0.4, -0.2) is 26.2 Å². The Labute approximate surface area is 176 Å². The molecule has 0 fully saturated rings. The maximum atomic E-state index is 11.7. The summed E-state index contributed by atoms with van der Waals surface area (Å²) in [4.78, 5) is 23.3. The molecule has 4 nitrogen and oxygen atoms in total. The van der Waals surface area contributed by atoms with E-state index < -0.39 is 0 Å². The van der Waals surface area contributed by atoms with Gasteiger partial charge in [-0.05, 0) is 38.0 Å². The predicted molar refractivity (Wildman–Crippen MR) is 118 cm³/mol. The summed E-state index contributed by atoms with van der Waals surface area (Å²) in [6, 6.07) is 0. The van der Waals surface area contributed by atoms with Crippen molar-refractivity contribution in [2.75, 3.05) is 14.2 Å². The van der Waals surface area contributed by atoms with Crippen LogP contribution >= 0.6 is 0 Å². The number of carbonyl (C=O) groups is 2. The number of ether oxygens (including phenoxy) is 2. The Morgan fingerprint density at radius 1 is 1.17 bits per heavy atom. The highest BCUT2D eigenvalue weighted by Gasteiger charge is 2.30. The Balaban J connectivity index is 2.79. The molecule has 0 aliphatic heterocycles. The zero-order chi connectivity index (χ0) is 22.0. The third-order valence-corrected chi connectivity index (χ3v) is 5.89. The molecule has 0 bridgehead atoms. The lowest BCUT2D eigenvalue weighted by Crippen LogP contribution is -2.26.